The van der Waals surface area contributed by atoms with Crippen molar-refractivity contribution >= 4 is 23.4 Å². The minimum atomic E-state index is -2.14. The molecule has 5 nitrogen and oxygen atoms in total. The number of carbonyl (C=O) groups excluding carboxylic acids is 1. The van der Waals surface area contributed by atoms with E-state index in [2.05, 4.69) is 4.72 Å². The maximum Gasteiger partial charge on any atom is 0.232 e. The van der Waals surface area contributed by atoms with Gasteiger partial charge in [-0.2, -0.15) is 0 Å². The first-order chi connectivity index (χ1) is 9.03. The highest BCUT2D eigenvalue weighted by Gasteiger charge is 2.15. The molecular formula is C12H17FN2O3S. The second kappa shape index (κ2) is 7.32. The molecular weight excluding hydrogens is 271 g/mol. The van der Waals surface area contributed by atoms with Gasteiger partial charge in [0, 0.05) is 13.1 Å². The number of nitrogens with one attached hydrogen (secondary N) is 1. The summed E-state index contributed by atoms with van der Waals surface area (Å²) in [6.45, 7) is 4.09. The zero-order valence-electron chi connectivity index (χ0n) is 10.9. The van der Waals surface area contributed by atoms with Gasteiger partial charge in [-0.3, -0.25) is 9.35 Å². The zero-order chi connectivity index (χ0) is 14.4. The molecule has 0 heterocycles. The molecule has 0 aliphatic heterocycles. The molecule has 1 atom stereocenters. The van der Waals surface area contributed by atoms with Crippen LogP contribution in [-0.4, -0.2) is 21.7 Å². The minimum absolute atomic E-state index is 0.0839. The molecule has 0 aliphatic carbocycles. The Morgan fingerprint density at radius 3 is 2.63 bits per heavy atom. The summed E-state index contributed by atoms with van der Waals surface area (Å²) in [5, 5.41) is 0. The topological polar surface area (TPSA) is 69.6 Å². The lowest BCUT2D eigenvalue weighted by Gasteiger charge is -2.20. The Kier molecular flexibility index (Phi) is 6.07. The fourth-order valence-corrected chi connectivity index (χ4v) is 2.13. The number of aryl methyl sites for hydroxylation is 1. The first kappa shape index (κ1) is 15.7. The molecule has 1 amide bonds. The van der Waals surface area contributed by atoms with Crippen LogP contribution < -0.4 is 9.62 Å². The molecule has 1 aromatic rings. The number of benzene rings is 1. The Bertz CT molecular complexity index is 482. The molecule has 0 saturated carbocycles. The molecule has 1 unspecified atom stereocenters. The van der Waals surface area contributed by atoms with Gasteiger partial charge < -0.3 is 4.90 Å². The lowest BCUT2D eigenvalue weighted by molar-refractivity contribution is -0.107. The van der Waals surface area contributed by atoms with E-state index in [9.17, 15) is 13.4 Å². The van der Waals surface area contributed by atoms with E-state index >= 15 is 0 Å². The highest BCUT2D eigenvalue weighted by atomic mass is 32.2. The molecule has 0 aromatic heterocycles. The molecule has 0 fully saturated rings. The number of nitrogens with zero attached hydrogens (tertiary/aromatic N) is 1. The first-order valence-corrected chi connectivity index (χ1v) is 7.01. The number of amides is 1. The second-order valence-electron chi connectivity index (χ2n) is 3.90. The molecule has 19 heavy (non-hydrogen) atoms. The number of hydrogen-bond acceptors (Lipinski definition) is 2. The third-order valence-corrected chi connectivity index (χ3v) is 3.13. The molecule has 0 spiro atoms. The molecule has 1 aromatic carbocycles. The Balaban J connectivity index is 3.13. The standard InChI is InChI=1S/C12H17FN2O3S/c1-3-10-5-9(7-14-19(17)18)6-11(13)12(10)15(4-2)8-16/h5-6,8,14H,3-4,7H2,1-2H3,(H,17,18). The molecule has 0 saturated heterocycles. The number of carbonyl (C=O) groups is 1. The predicted octanol–water partition coefficient (Wildman–Crippen LogP) is 1.60. The van der Waals surface area contributed by atoms with Gasteiger partial charge in [-0.05, 0) is 30.5 Å². The molecule has 1 rings (SSSR count). The van der Waals surface area contributed by atoms with Crippen molar-refractivity contribution in [1.82, 2.24) is 4.72 Å². The van der Waals surface area contributed by atoms with E-state index in [1.165, 1.54) is 11.0 Å². The molecule has 7 heteroatoms. The molecule has 0 bridgehead atoms. The third kappa shape index (κ3) is 4.09. The summed E-state index contributed by atoms with van der Waals surface area (Å²) in [4.78, 5) is 12.2. The van der Waals surface area contributed by atoms with Gasteiger partial charge in [0.05, 0.1) is 5.69 Å². The monoisotopic (exact) mass is 288 g/mol. The highest BCUT2D eigenvalue weighted by Crippen LogP contribution is 2.26. The zero-order valence-corrected chi connectivity index (χ0v) is 11.7. The quantitative estimate of drug-likeness (QED) is 0.591. The third-order valence-electron chi connectivity index (χ3n) is 2.74. The van der Waals surface area contributed by atoms with E-state index < -0.39 is 17.1 Å². The smallest absolute Gasteiger partial charge is 0.232 e. The number of anilines is 1. The van der Waals surface area contributed by atoms with Crippen LogP contribution in [0.1, 0.15) is 25.0 Å². The van der Waals surface area contributed by atoms with E-state index in [0.717, 1.165) is 0 Å². The second-order valence-corrected chi connectivity index (χ2v) is 4.69. The normalized spacial score (nSPS) is 12.2. The maximum absolute atomic E-state index is 14.1. The predicted molar refractivity (Wildman–Crippen MR) is 72.5 cm³/mol. The minimum Gasteiger partial charge on any atom is -0.312 e. The van der Waals surface area contributed by atoms with Crippen molar-refractivity contribution in [2.75, 3.05) is 11.4 Å². The summed E-state index contributed by atoms with van der Waals surface area (Å²) in [5.41, 5.74) is 1.52. The Morgan fingerprint density at radius 1 is 1.47 bits per heavy atom. The molecule has 0 aliphatic rings. The average molecular weight is 288 g/mol. The van der Waals surface area contributed by atoms with Crippen molar-refractivity contribution in [3.05, 3.63) is 29.1 Å². The summed E-state index contributed by atoms with van der Waals surface area (Å²) in [7, 11) is 0. The summed E-state index contributed by atoms with van der Waals surface area (Å²) in [6.07, 6.45) is 1.16. The van der Waals surface area contributed by atoms with E-state index in [0.29, 0.717) is 30.5 Å². The van der Waals surface area contributed by atoms with Crippen molar-refractivity contribution in [2.45, 2.75) is 26.8 Å². The Labute approximate surface area is 114 Å². The Morgan fingerprint density at radius 2 is 2.16 bits per heavy atom. The van der Waals surface area contributed by atoms with Crippen LogP contribution in [0.2, 0.25) is 0 Å². The van der Waals surface area contributed by atoms with Crippen LogP contribution in [0.4, 0.5) is 10.1 Å². The SMILES string of the molecule is CCc1cc(CNS(=O)O)cc(F)c1N(C=O)CC. The summed E-state index contributed by atoms with van der Waals surface area (Å²) in [6, 6.07) is 2.99. The van der Waals surface area contributed by atoms with Crippen molar-refractivity contribution < 1.29 is 17.9 Å². The van der Waals surface area contributed by atoms with Crippen LogP contribution >= 0.6 is 0 Å². The van der Waals surface area contributed by atoms with Crippen molar-refractivity contribution in [3.63, 3.8) is 0 Å². The number of rotatable bonds is 7. The van der Waals surface area contributed by atoms with E-state index in [1.54, 1.807) is 13.0 Å². The van der Waals surface area contributed by atoms with Gasteiger partial charge in [0.25, 0.3) is 0 Å². The van der Waals surface area contributed by atoms with Crippen molar-refractivity contribution in [1.29, 1.82) is 0 Å². The largest absolute Gasteiger partial charge is 0.312 e. The lowest BCUT2D eigenvalue weighted by atomic mass is 10.0. The van der Waals surface area contributed by atoms with Gasteiger partial charge in [-0.15, -0.1) is 0 Å². The van der Waals surface area contributed by atoms with E-state index in [4.69, 9.17) is 4.55 Å². The van der Waals surface area contributed by atoms with Crippen LogP contribution in [0, 0.1) is 5.82 Å². The molecule has 0 radical (unpaired) electrons. The van der Waals surface area contributed by atoms with Gasteiger partial charge in [0.2, 0.25) is 17.7 Å². The summed E-state index contributed by atoms with van der Waals surface area (Å²) >= 11 is -2.14. The average Bonchev–Trinajstić information content (AvgIpc) is 2.39. The fourth-order valence-electron chi connectivity index (χ4n) is 1.84. The summed E-state index contributed by atoms with van der Waals surface area (Å²) < 4.78 is 35.5. The van der Waals surface area contributed by atoms with Gasteiger partial charge in [-0.1, -0.05) is 13.0 Å². The number of halogens is 1. The van der Waals surface area contributed by atoms with Crippen LogP contribution in [0.5, 0.6) is 0 Å². The fraction of sp³-hybridized carbons (Fsp3) is 0.417. The van der Waals surface area contributed by atoms with Gasteiger partial charge >= 0.3 is 0 Å². The maximum atomic E-state index is 14.1. The van der Waals surface area contributed by atoms with E-state index in [1.807, 2.05) is 6.92 Å². The lowest BCUT2D eigenvalue weighted by Crippen LogP contribution is -2.23. The van der Waals surface area contributed by atoms with Crippen LogP contribution in [0.15, 0.2) is 12.1 Å². The number of hydrogen-bond donors (Lipinski definition) is 2. The van der Waals surface area contributed by atoms with Crippen LogP contribution in [0.3, 0.4) is 0 Å². The van der Waals surface area contributed by atoms with Crippen LogP contribution in [-0.2, 0) is 29.0 Å². The van der Waals surface area contributed by atoms with Gasteiger partial charge in [-0.25, -0.2) is 13.3 Å². The van der Waals surface area contributed by atoms with Gasteiger partial charge in [0.15, 0.2) is 0 Å². The molecule has 2 N–H and O–H groups in total. The van der Waals surface area contributed by atoms with Crippen molar-refractivity contribution in [2.24, 2.45) is 0 Å². The van der Waals surface area contributed by atoms with E-state index in [-0.39, 0.29) is 12.2 Å². The summed E-state index contributed by atoms with van der Waals surface area (Å²) in [5.74, 6) is -0.506. The van der Waals surface area contributed by atoms with Crippen LogP contribution in [0.25, 0.3) is 0 Å². The Hall–Kier alpha value is -1.31. The first-order valence-electron chi connectivity index (χ1n) is 5.91. The van der Waals surface area contributed by atoms with Crippen molar-refractivity contribution in [3.8, 4) is 0 Å². The van der Waals surface area contributed by atoms with Gasteiger partial charge in [0.1, 0.15) is 5.82 Å². The molecule has 106 valence electrons. The highest BCUT2D eigenvalue weighted by molar-refractivity contribution is 7.77.